The first-order chi connectivity index (χ1) is 7.65. The number of para-hydroxylation sites is 1. The van der Waals surface area contributed by atoms with Crippen LogP contribution in [0.1, 0.15) is 5.56 Å². The molecular formula is C11H12N4O. The monoisotopic (exact) mass is 216 g/mol. The van der Waals surface area contributed by atoms with E-state index < -0.39 is 0 Å². The van der Waals surface area contributed by atoms with Crippen LogP contribution in [0.3, 0.4) is 0 Å². The molecule has 0 fully saturated rings. The Morgan fingerprint density at radius 1 is 1.38 bits per heavy atom. The summed E-state index contributed by atoms with van der Waals surface area (Å²) in [5.74, 6) is 0.635. The lowest BCUT2D eigenvalue weighted by atomic mass is 10.2. The molecule has 0 radical (unpaired) electrons. The predicted molar refractivity (Wildman–Crippen MR) is 63.7 cm³/mol. The fourth-order valence-electron chi connectivity index (χ4n) is 1.38. The van der Waals surface area contributed by atoms with E-state index in [0.717, 1.165) is 11.3 Å². The molecule has 0 bridgehead atoms. The molecule has 16 heavy (non-hydrogen) atoms. The third-order valence-corrected chi connectivity index (χ3v) is 2.16. The molecule has 0 saturated carbocycles. The summed E-state index contributed by atoms with van der Waals surface area (Å²) in [4.78, 5) is 17.7. The fourth-order valence-corrected chi connectivity index (χ4v) is 1.38. The van der Waals surface area contributed by atoms with Crippen LogP contribution in [0.2, 0.25) is 0 Å². The highest BCUT2D eigenvalue weighted by Crippen LogP contribution is 2.16. The van der Waals surface area contributed by atoms with Gasteiger partial charge in [-0.15, -0.1) is 0 Å². The second-order valence-corrected chi connectivity index (χ2v) is 3.46. The zero-order valence-electron chi connectivity index (χ0n) is 8.82. The van der Waals surface area contributed by atoms with Gasteiger partial charge in [-0.1, -0.05) is 18.2 Å². The molecule has 0 unspecified atom stereocenters. The summed E-state index contributed by atoms with van der Waals surface area (Å²) in [5, 5.41) is 3.01. The lowest BCUT2D eigenvalue weighted by Gasteiger charge is -2.08. The summed E-state index contributed by atoms with van der Waals surface area (Å²) in [7, 11) is 0. The number of aryl methyl sites for hydroxylation is 1. The number of aromatic nitrogens is 2. The van der Waals surface area contributed by atoms with E-state index in [0.29, 0.717) is 5.95 Å². The van der Waals surface area contributed by atoms with Crippen LogP contribution in [0.4, 0.5) is 17.5 Å². The molecule has 0 aliphatic heterocycles. The Kier molecular flexibility index (Phi) is 2.59. The van der Waals surface area contributed by atoms with E-state index in [4.69, 9.17) is 5.73 Å². The second-order valence-electron chi connectivity index (χ2n) is 3.46. The molecule has 82 valence electrons. The molecule has 1 aromatic heterocycles. The van der Waals surface area contributed by atoms with Crippen molar-refractivity contribution in [2.24, 2.45) is 0 Å². The van der Waals surface area contributed by atoms with E-state index in [1.54, 1.807) is 0 Å². The van der Waals surface area contributed by atoms with Crippen molar-refractivity contribution in [2.45, 2.75) is 6.92 Å². The Morgan fingerprint density at radius 3 is 2.81 bits per heavy atom. The van der Waals surface area contributed by atoms with Gasteiger partial charge in [-0.3, -0.25) is 4.79 Å². The molecule has 2 rings (SSSR count). The quantitative estimate of drug-likeness (QED) is 0.708. The van der Waals surface area contributed by atoms with Crippen LogP contribution in [0.5, 0.6) is 0 Å². The highest BCUT2D eigenvalue weighted by molar-refractivity contribution is 5.58. The Bertz CT molecular complexity index is 562. The van der Waals surface area contributed by atoms with E-state index in [1.807, 2.05) is 31.2 Å². The molecule has 5 nitrogen and oxygen atoms in total. The van der Waals surface area contributed by atoms with E-state index in [2.05, 4.69) is 15.3 Å². The van der Waals surface area contributed by atoms with Crippen LogP contribution in [-0.4, -0.2) is 9.97 Å². The average Bonchev–Trinajstić information content (AvgIpc) is 2.20. The average molecular weight is 216 g/mol. The third kappa shape index (κ3) is 2.20. The van der Waals surface area contributed by atoms with Crippen LogP contribution in [0, 0.1) is 6.92 Å². The summed E-state index contributed by atoms with van der Waals surface area (Å²) in [5.41, 5.74) is 7.10. The van der Waals surface area contributed by atoms with Gasteiger partial charge in [0.25, 0.3) is 5.56 Å². The standard InChI is InChI=1S/C11H12N4O/c1-7-4-2-3-5-8(7)13-11-14-9(12)6-10(16)15-11/h2-6H,1H3,(H4,12,13,14,15,16). The van der Waals surface area contributed by atoms with Crippen molar-refractivity contribution in [1.82, 2.24) is 9.97 Å². The third-order valence-electron chi connectivity index (χ3n) is 2.16. The SMILES string of the molecule is Cc1ccccc1Nc1nc(=O)cc(N)[nH]1. The van der Waals surface area contributed by atoms with Gasteiger partial charge in [0.05, 0.1) is 0 Å². The zero-order valence-corrected chi connectivity index (χ0v) is 8.82. The van der Waals surface area contributed by atoms with Gasteiger partial charge in [0, 0.05) is 11.8 Å². The topological polar surface area (TPSA) is 83.8 Å². The number of aromatic amines is 1. The van der Waals surface area contributed by atoms with E-state index in [9.17, 15) is 4.79 Å². The minimum Gasteiger partial charge on any atom is -0.385 e. The van der Waals surface area contributed by atoms with Crippen molar-refractivity contribution in [2.75, 3.05) is 11.1 Å². The lowest BCUT2D eigenvalue weighted by Crippen LogP contribution is -2.11. The van der Waals surface area contributed by atoms with E-state index in [1.165, 1.54) is 6.07 Å². The number of nitrogen functional groups attached to an aromatic ring is 1. The minimum atomic E-state index is -0.368. The number of hydrogen-bond acceptors (Lipinski definition) is 4. The molecule has 4 N–H and O–H groups in total. The van der Waals surface area contributed by atoms with Gasteiger partial charge in [-0.25, -0.2) is 0 Å². The van der Waals surface area contributed by atoms with Gasteiger partial charge in [0.1, 0.15) is 5.82 Å². The molecular weight excluding hydrogens is 204 g/mol. The van der Waals surface area contributed by atoms with Crippen LogP contribution in [0.15, 0.2) is 35.1 Å². The summed E-state index contributed by atoms with van der Waals surface area (Å²) in [6, 6.07) is 8.95. The van der Waals surface area contributed by atoms with Crippen molar-refractivity contribution < 1.29 is 0 Å². The molecule has 0 amide bonds. The highest BCUT2D eigenvalue weighted by atomic mass is 16.1. The molecule has 0 saturated heterocycles. The van der Waals surface area contributed by atoms with Gasteiger partial charge < -0.3 is 16.0 Å². The van der Waals surface area contributed by atoms with Crippen LogP contribution in [-0.2, 0) is 0 Å². The van der Waals surface area contributed by atoms with Gasteiger partial charge in [0.15, 0.2) is 0 Å². The van der Waals surface area contributed by atoms with Gasteiger partial charge in [0.2, 0.25) is 5.95 Å². The Balaban J connectivity index is 2.34. The first-order valence-electron chi connectivity index (χ1n) is 4.84. The molecule has 0 aliphatic rings. The van der Waals surface area contributed by atoms with Gasteiger partial charge in [-0.05, 0) is 18.6 Å². The van der Waals surface area contributed by atoms with Crippen LogP contribution in [0.25, 0.3) is 0 Å². The fraction of sp³-hybridized carbons (Fsp3) is 0.0909. The van der Waals surface area contributed by atoms with Gasteiger partial charge >= 0.3 is 0 Å². The largest absolute Gasteiger partial charge is 0.385 e. The first-order valence-corrected chi connectivity index (χ1v) is 4.84. The van der Waals surface area contributed by atoms with E-state index in [-0.39, 0.29) is 11.4 Å². The molecule has 0 aliphatic carbocycles. The normalized spacial score (nSPS) is 10.1. The summed E-state index contributed by atoms with van der Waals surface area (Å²) >= 11 is 0. The molecule has 1 aromatic carbocycles. The number of nitrogens with two attached hydrogens (primary N) is 1. The zero-order chi connectivity index (χ0) is 11.5. The number of anilines is 3. The van der Waals surface area contributed by atoms with Crippen molar-refractivity contribution in [3.8, 4) is 0 Å². The molecule has 2 aromatic rings. The second kappa shape index (κ2) is 4.06. The number of benzene rings is 1. The summed E-state index contributed by atoms with van der Waals surface area (Å²) < 4.78 is 0. The maximum Gasteiger partial charge on any atom is 0.276 e. The number of rotatable bonds is 2. The smallest absolute Gasteiger partial charge is 0.276 e. The van der Waals surface area contributed by atoms with E-state index >= 15 is 0 Å². The predicted octanol–water partition coefficient (Wildman–Crippen LogP) is 1.40. The number of nitrogens with zero attached hydrogens (tertiary/aromatic N) is 1. The minimum absolute atomic E-state index is 0.288. The molecule has 0 spiro atoms. The lowest BCUT2D eigenvalue weighted by molar-refractivity contribution is 1.13. The summed E-state index contributed by atoms with van der Waals surface area (Å²) in [6.07, 6.45) is 0. The van der Waals surface area contributed by atoms with Crippen molar-refractivity contribution in [1.29, 1.82) is 0 Å². The van der Waals surface area contributed by atoms with Crippen LogP contribution < -0.4 is 16.6 Å². The molecule has 5 heteroatoms. The Labute approximate surface area is 92.3 Å². The maximum absolute atomic E-state index is 11.1. The Hall–Kier alpha value is -2.30. The highest BCUT2D eigenvalue weighted by Gasteiger charge is 2.00. The first kappa shape index (κ1) is 10.2. The number of H-pyrrole nitrogens is 1. The van der Waals surface area contributed by atoms with Crippen molar-refractivity contribution in [3.63, 3.8) is 0 Å². The maximum atomic E-state index is 11.1. The molecule has 0 atom stereocenters. The van der Waals surface area contributed by atoms with Crippen molar-refractivity contribution in [3.05, 3.63) is 46.2 Å². The van der Waals surface area contributed by atoms with Crippen molar-refractivity contribution >= 4 is 17.5 Å². The molecule has 1 heterocycles. The summed E-state index contributed by atoms with van der Waals surface area (Å²) in [6.45, 7) is 1.97. The van der Waals surface area contributed by atoms with Gasteiger partial charge in [-0.2, -0.15) is 4.98 Å². The number of nitrogens with one attached hydrogen (secondary N) is 2. The van der Waals surface area contributed by atoms with Crippen LogP contribution >= 0.6 is 0 Å². The number of hydrogen-bond donors (Lipinski definition) is 3. The Morgan fingerprint density at radius 2 is 2.12 bits per heavy atom.